The van der Waals surface area contributed by atoms with Gasteiger partial charge in [-0.3, -0.25) is 8.98 Å². The Morgan fingerprint density at radius 1 is 1.11 bits per heavy atom. The van der Waals surface area contributed by atoms with E-state index in [2.05, 4.69) is 10.3 Å². The van der Waals surface area contributed by atoms with E-state index in [4.69, 9.17) is 8.92 Å². The van der Waals surface area contributed by atoms with Crippen LogP contribution >= 0.6 is 0 Å². The number of nitrogens with one attached hydrogen (secondary N) is 1. The van der Waals surface area contributed by atoms with Crippen molar-refractivity contribution >= 4 is 32.6 Å². The molecule has 4 rings (SSSR count). The third-order valence-corrected chi connectivity index (χ3v) is 5.47. The Kier molecular flexibility index (Phi) is 4.77. The quantitative estimate of drug-likeness (QED) is 0.762. The molecule has 8 heteroatoms. The van der Waals surface area contributed by atoms with E-state index >= 15 is 0 Å². The van der Waals surface area contributed by atoms with Crippen molar-refractivity contribution in [2.45, 2.75) is 44.3 Å². The summed E-state index contributed by atoms with van der Waals surface area (Å²) in [6, 6.07) is 7.44. The lowest BCUT2D eigenvalue weighted by molar-refractivity contribution is -0.117. The van der Waals surface area contributed by atoms with Gasteiger partial charge in [-0.1, -0.05) is 6.07 Å². The first-order valence-electron chi connectivity index (χ1n) is 9.13. The van der Waals surface area contributed by atoms with Crippen LogP contribution in [-0.4, -0.2) is 37.8 Å². The first-order valence-corrected chi connectivity index (χ1v) is 10.9. The summed E-state index contributed by atoms with van der Waals surface area (Å²) in [5.74, 6) is 1.35. The number of aromatic nitrogens is 1. The smallest absolute Gasteiger partial charge is 0.264 e. The molecule has 0 unspecified atom stereocenters. The normalized spacial score (nSPS) is 22.7. The monoisotopic (exact) mass is 390 g/mol. The van der Waals surface area contributed by atoms with Crippen molar-refractivity contribution in [3.63, 3.8) is 0 Å². The van der Waals surface area contributed by atoms with Crippen LogP contribution in [0.25, 0.3) is 10.8 Å². The van der Waals surface area contributed by atoms with Crippen molar-refractivity contribution in [1.82, 2.24) is 4.98 Å². The minimum atomic E-state index is -3.51. The minimum absolute atomic E-state index is 0.0277. The van der Waals surface area contributed by atoms with Crippen molar-refractivity contribution in [3.8, 4) is 5.75 Å². The molecule has 27 heavy (non-hydrogen) atoms. The number of rotatable bonds is 6. The maximum Gasteiger partial charge on any atom is 0.264 e. The van der Waals surface area contributed by atoms with Crippen molar-refractivity contribution in [2.24, 2.45) is 5.92 Å². The molecule has 2 fully saturated rings. The number of carbonyl (C=O) groups excluding carboxylic acids is 1. The maximum absolute atomic E-state index is 11.9. The molecular weight excluding hydrogens is 368 g/mol. The fraction of sp³-hybridized carbons (Fsp3) is 0.474. The van der Waals surface area contributed by atoms with Gasteiger partial charge in [-0.25, -0.2) is 4.98 Å². The van der Waals surface area contributed by atoms with E-state index in [1.54, 1.807) is 6.20 Å². The third-order valence-electron chi connectivity index (χ3n) is 4.87. The predicted octanol–water partition coefficient (Wildman–Crippen LogP) is 2.86. The van der Waals surface area contributed by atoms with Gasteiger partial charge in [-0.15, -0.1) is 0 Å². The lowest BCUT2D eigenvalue weighted by Crippen LogP contribution is -2.30. The summed E-state index contributed by atoms with van der Waals surface area (Å²) in [5.41, 5.74) is 0. The molecular formula is C19H22N2O5S. The summed E-state index contributed by atoms with van der Waals surface area (Å²) in [7, 11) is -3.51. The highest BCUT2D eigenvalue weighted by molar-refractivity contribution is 7.86. The Balaban J connectivity index is 1.47. The van der Waals surface area contributed by atoms with Gasteiger partial charge >= 0.3 is 0 Å². The van der Waals surface area contributed by atoms with Gasteiger partial charge in [0.05, 0.1) is 6.26 Å². The van der Waals surface area contributed by atoms with Crippen LogP contribution in [-0.2, 0) is 19.1 Å². The molecule has 2 aromatic rings. The van der Waals surface area contributed by atoms with Crippen LogP contribution in [0.2, 0.25) is 0 Å². The van der Waals surface area contributed by atoms with E-state index in [1.165, 1.54) is 0 Å². The van der Waals surface area contributed by atoms with Gasteiger partial charge < -0.3 is 10.1 Å². The molecule has 1 aromatic carbocycles. The van der Waals surface area contributed by atoms with E-state index in [0.717, 1.165) is 42.7 Å². The molecule has 0 spiro atoms. The molecule has 1 aromatic heterocycles. The molecule has 7 nitrogen and oxygen atoms in total. The fourth-order valence-electron chi connectivity index (χ4n) is 3.37. The van der Waals surface area contributed by atoms with Crippen LogP contribution in [0.3, 0.4) is 0 Å². The molecule has 0 radical (unpaired) electrons. The van der Waals surface area contributed by atoms with Gasteiger partial charge in [0.1, 0.15) is 23.8 Å². The van der Waals surface area contributed by atoms with E-state index in [0.29, 0.717) is 18.0 Å². The van der Waals surface area contributed by atoms with E-state index < -0.39 is 16.2 Å². The van der Waals surface area contributed by atoms with Crippen LogP contribution in [0.15, 0.2) is 30.5 Å². The number of carbonyl (C=O) groups is 1. The Hall–Kier alpha value is -2.19. The van der Waals surface area contributed by atoms with Crippen LogP contribution < -0.4 is 10.1 Å². The lowest BCUT2D eigenvalue weighted by atomic mass is 10.1. The van der Waals surface area contributed by atoms with E-state index in [1.807, 2.05) is 24.3 Å². The predicted molar refractivity (Wildman–Crippen MR) is 101 cm³/mol. The summed E-state index contributed by atoms with van der Waals surface area (Å²) in [4.78, 5) is 16.2. The van der Waals surface area contributed by atoms with Gasteiger partial charge in [-0.05, 0) is 55.7 Å². The minimum Gasteiger partial charge on any atom is -0.488 e. The topological polar surface area (TPSA) is 94.6 Å². The van der Waals surface area contributed by atoms with Crippen LogP contribution in [0.4, 0.5) is 5.82 Å². The van der Waals surface area contributed by atoms with Gasteiger partial charge in [0.15, 0.2) is 0 Å². The number of anilines is 1. The number of pyridine rings is 1. The molecule has 2 aliphatic carbocycles. The van der Waals surface area contributed by atoms with Gasteiger partial charge in [0.25, 0.3) is 10.1 Å². The molecule has 2 saturated carbocycles. The molecule has 2 aliphatic rings. The SMILES string of the molecule is CS(=O)(=O)O[C@H]1CCC[C@@H]1Oc1ccc2cc(NC(=O)C3CC3)ncc2c1. The second-order valence-electron chi connectivity index (χ2n) is 7.27. The molecule has 2 atom stereocenters. The number of nitrogens with zero attached hydrogens (tertiary/aromatic N) is 1. The van der Waals surface area contributed by atoms with Gasteiger partial charge in [0, 0.05) is 17.5 Å². The average molecular weight is 390 g/mol. The lowest BCUT2D eigenvalue weighted by Gasteiger charge is -2.20. The van der Waals surface area contributed by atoms with Gasteiger partial charge in [0.2, 0.25) is 5.91 Å². The molecule has 0 aliphatic heterocycles. The molecule has 1 amide bonds. The standard InChI is InChI=1S/C19H22N2O5S/c1-27(23,24)26-17-4-2-3-16(17)25-15-8-7-13-10-18(20-11-14(13)9-15)21-19(22)12-5-6-12/h7-12,16-17H,2-6H2,1H3,(H,20,21,22)/t16-,17-/m0/s1. The van der Waals surface area contributed by atoms with Crippen molar-refractivity contribution < 1.29 is 22.1 Å². The largest absolute Gasteiger partial charge is 0.488 e. The number of hydrogen-bond acceptors (Lipinski definition) is 6. The Bertz CT molecular complexity index is 971. The molecule has 1 heterocycles. The van der Waals surface area contributed by atoms with Gasteiger partial charge in [-0.2, -0.15) is 8.42 Å². The summed E-state index contributed by atoms with van der Waals surface area (Å²) in [6.07, 6.45) is 6.20. The Labute approximate surface area is 158 Å². The number of ether oxygens (including phenoxy) is 1. The molecule has 144 valence electrons. The van der Waals surface area contributed by atoms with Crippen molar-refractivity contribution in [1.29, 1.82) is 0 Å². The first kappa shape index (κ1) is 18.2. The van der Waals surface area contributed by atoms with Crippen LogP contribution in [0.1, 0.15) is 32.1 Å². The molecule has 1 N–H and O–H groups in total. The summed E-state index contributed by atoms with van der Waals surface area (Å²) in [5, 5.41) is 4.67. The highest BCUT2D eigenvalue weighted by Crippen LogP contribution is 2.31. The van der Waals surface area contributed by atoms with Crippen LogP contribution in [0.5, 0.6) is 5.75 Å². The zero-order valence-corrected chi connectivity index (χ0v) is 15.9. The number of hydrogen-bond donors (Lipinski definition) is 1. The molecule has 0 bridgehead atoms. The number of fused-ring (bicyclic) bond motifs is 1. The zero-order valence-electron chi connectivity index (χ0n) is 15.1. The third kappa shape index (κ3) is 4.56. The van der Waals surface area contributed by atoms with E-state index in [9.17, 15) is 13.2 Å². The summed E-state index contributed by atoms with van der Waals surface area (Å²) < 4.78 is 33.9. The molecule has 0 saturated heterocycles. The number of benzene rings is 1. The number of amides is 1. The van der Waals surface area contributed by atoms with Crippen molar-refractivity contribution in [3.05, 3.63) is 30.5 Å². The highest BCUT2D eigenvalue weighted by atomic mass is 32.2. The van der Waals surface area contributed by atoms with E-state index in [-0.39, 0.29) is 17.9 Å². The highest BCUT2D eigenvalue weighted by Gasteiger charge is 2.33. The Morgan fingerprint density at radius 3 is 2.63 bits per heavy atom. The second-order valence-corrected chi connectivity index (χ2v) is 8.87. The summed E-state index contributed by atoms with van der Waals surface area (Å²) >= 11 is 0. The summed E-state index contributed by atoms with van der Waals surface area (Å²) in [6.45, 7) is 0. The van der Waals surface area contributed by atoms with Crippen molar-refractivity contribution in [2.75, 3.05) is 11.6 Å². The zero-order chi connectivity index (χ0) is 19.0. The Morgan fingerprint density at radius 2 is 1.89 bits per heavy atom. The fourth-order valence-corrected chi connectivity index (χ4v) is 4.04. The second kappa shape index (κ2) is 7.09. The average Bonchev–Trinajstić information content (AvgIpc) is 3.37. The van der Waals surface area contributed by atoms with Crippen LogP contribution in [0, 0.1) is 5.92 Å². The first-order chi connectivity index (χ1) is 12.9. The maximum atomic E-state index is 11.9.